The molecule has 0 aliphatic rings. The Morgan fingerprint density at radius 3 is 2.55 bits per heavy atom. The van der Waals surface area contributed by atoms with Crippen LogP contribution in [0.2, 0.25) is 0 Å². The lowest BCUT2D eigenvalue weighted by molar-refractivity contribution is -0.120. The van der Waals surface area contributed by atoms with Crippen LogP contribution in [-0.4, -0.2) is 28.7 Å². The molecule has 0 fully saturated rings. The summed E-state index contributed by atoms with van der Waals surface area (Å²) in [6.07, 6.45) is -3.04. The number of halogens is 3. The van der Waals surface area contributed by atoms with Gasteiger partial charge in [-0.25, -0.2) is 9.97 Å². The number of nitrogen functional groups attached to an aromatic ring is 1. The first-order valence-corrected chi connectivity index (χ1v) is 6.11. The maximum Gasteiger partial charge on any atom is 0.405 e. The van der Waals surface area contributed by atoms with E-state index in [0.717, 1.165) is 0 Å². The van der Waals surface area contributed by atoms with Crippen molar-refractivity contribution in [3.8, 4) is 0 Å². The van der Waals surface area contributed by atoms with E-state index in [1.807, 2.05) is 0 Å². The normalized spacial score (nSPS) is 12.1. The molecule has 0 radical (unpaired) electrons. The Labute approximate surface area is 114 Å². The highest BCUT2D eigenvalue weighted by Gasteiger charge is 2.33. The molecule has 4 nitrogen and oxygen atoms in total. The summed E-state index contributed by atoms with van der Waals surface area (Å²) >= 11 is 0. The minimum Gasteiger partial charge on any atom is -0.399 e. The number of rotatable bonds is 3. The van der Waals surface area contributed by atoms with Crippen molar-refractivity contribution >= 4 is 22.4 Å². The van der Waals surface area contributed by atoms with E-state index in [9.17, 15) is 13.2 Å². The van der Waals surface area contributed by atoms with Gasteiger partial charge < -0.3 is 10.6 Å². The van der Waals surface area contributed by atoms with Crippen LogP contribution in [0.1, 0.15) is 13.8 Å². The molecular weight excluding hydrogens is 269 g/mol. The van der Waals surface area contributed by atoms with Gasteiger partial charge >= 0.3 is 6.18 Å². The maximum atomic E-state index is 12.7. The standard InChI is InChI=1S/C13H15F3N4/c1-8(2)20(6-13(14,15)16)12-10-4-3-9(17)5-11(10)18-7-19-12/h3-5,7-8H,6,17H2,1-2H3. The smallest absolute Gasteiger partial charge is 0.399 e. The van der Waals surface area contributed by atoms with Gasteiger partial charge in [-0.2, -0.15) is 13.2 Å². The minimum atomic E-state index is -4.30. The molecule has 20 heavy (non-hydrogen) atoms. The lowest BCUT2D eigenvalue weighted by Gasteiger charge is -2.29. The number of nitrogens with zero attached hydrogens (tertiary/aromatic N) is 3. The number of hydrogen-bond acceptors (Lipinski definition) is 4. The highest BCUT2D eigenvalue weighted by Crippen LogP contribution is 2.28. The molecule has 1 aromatic carbocycles. The van der Waals surface area contributed by atoms with Gasteiger partial charge in [0.2, 0.25) is 0 Å². The van der Waals surface area contributed by atoms with Crippen molar-refractivity contribution < 1.29 is 13.2 Å². The van der Waals surface area contributed by atoms with E-state index in [0.29, 0.717) is 16.6 Å². The third-order valence-electron chi connectivity index (χ3n) is 2.88. The molecule has 0 atom stereocenters. The number of fused-ring (bicyclic) bond motifs is 1. The Morgan fingerprint density at radius 1 is 1.25 bits per heavy atom. The SMILES string of the molecule is CC(C)N(CC(F)(F)F)c1ncnc2cc(N)ccc12. The molecule has 2 N–H and O–H groups in total. The molecule has 0 unspecified atom stereocenters. The van der Waals surface area contributed by atoms with E-state index < -0.39 is 12.7 Å². The van der Waals surface area contributed by atoms with E-state index in [2.05, 4.69) is 9.97 Å². The number of benzene rings is 1. The van der Waals surface area contributed by atoms with Crippen molar-refractivity contribution in [2.24, 2.45) is 0 Å². The van der Waals surface area contributed by atoms with Gasteiger partial charge in [-0.3, -0.25) is 0 Å². The van der Waals surface area contributed by atoms with Crippen LogP contribution < -0.4 is 10.6 Å². The van der Waals surface area contributed by atoms with Gasteiger partial charge in [0.15, 0.2) is 0 Å². The van der Waals surface area contributed by atoms with Crippen molar-refractivity contribution in [3.05, 3.63) is 24.5 Å². The van der Waals surface area contributed by atoms with Crippen molar-refractivity contribution in [2.75, 3.05) is 17.2 Å². The summed E-state index contributed by atoms with van der Waals surface area (Å²) in [5.41, 5.74) is 6.70. The number of hydrogen-bond donors (Lipinski definition) is 1. The molecule has 0 aliphatic carbocycles. The molecule has 0 saturated heterocycles. The molecule has 2 aromatic rings. The summed E-state index contributed by atoms with van der Waals surface area (Å²) in [7, 11) is 0. The average Bonchev–Trinajstić information content (AvgIpc) is 2.33. The molecule has 0 bridgehead atoms. The summed E-state index contributed by atoms with van der Waals surface area (Å²) in [5, 5.41) is 0.555. The van der Waals surface area contributed by atoms with E-state index >= 15 is 0 Å². The second kappa shape index (κ2) is 5.15. The molecule has 0 amide bonds. The van der Waals surface area contributed by atoms with Crippen molar-refractivity contribution in [2.45, 2.75) is 26.1 Å². The van der Waals surface area contributed by atoms with Gasteiger partial charge in [-0.15, -0.1) is 0 Å². The second-order valence-corrected chi connectivity index (χ2v) is 4.81. The molecule has 108 valence electrons. The van der Waals surface area contributed by atoms with Gasteiger partial charge in [0.25, 0.3) is 0 Å². The van der Waals surface area contributed by atoms with Gasteiger partial charge in [0.05, 0.1) is 5.52 Å². The van der Waals surface area contributed by atoms with Crippen LogP contribution in [-0.2, 0) is 0 Å². The van der Waals surface area contributed by atoms with Crippen molar-refractivity contribution in [1.29, 1.82) is 0 Å². The molecular formula is C13H15F3N4. The largest absolute Gasteiger partial charge is 0.405 e. The monoisotopic (exact) mass is 284 g/mol. The maximum absolute atomic E-state index is 12.7. The minimum absolute atomic E-state index is 0.266. The van der Waals surface area contributed by atoms with Gasteiger partial charge in [-0.05, 0) is 32.0 Å². The first-order chi connectivity index (χ1) is 9.28. The Balaban J connectivity index is 2.53. The number of alkyl halides is 3. The van der Waals surface area contributed by atoms with Crippen molar-refractivity contribution in [1.82, 2.24) is 9.97 Å². The van der Waals surface area contributed by atoms with Crippen LogP contribution in [0.4, 0.5) is 24.7 Å². The summed E-state index contributed by atoms with van der Waals surface area (Å²) in [6, 6.07) is 4.55. The molecule has 0 aliphatic heterocycles. The molecule has 1 heterocycles. The zero-order valence-corrected chi connectivity index (χ0v) is 11.1. The van der Waals surface area contributed by atoms with E-state index in [-0.39, 0.29) is 11.9 Å². The zero-order chi connectivity index (χ0) is 14.9. The summed E-state index contributed by atoms with van der Waals surface area (Å²) in [5.74, 6) is 0.266. The van der Waals surface area contributed by atoms with E-state index in [1.54, 1.807) is 32.0 Å². The predicted octanol–water partition coefficient (Wildman–Crippen LogP) is 2.99. The highest BCUT2D eigenvalue weighted by atomic mass is 19.4. The van der Waals surface area contributed by atoms with Gasteiger partial charge in [0.1, 0.15) is 18.7 Å². The Hall–Kier alpha value is -2.05. The van der Waals surface area contributed by atoms with E-state index in [1.165, 1.54) is 11.2 Å². The summed E-state index contributed by atoms with van der Waals surface area (Å²) < 4.78 is 38.1. The van der Waals surface area contributed by atoms with Gasteiger partial charge in [0, 0.05) is 17.1 Å². The third kappa shape index (κ3) is 3.09. The average molecular weight is 284 g/mol. The first-order valence-electron chi connectivity index (χ1n) is 6.11. The topological polar surface area (TPSA) is 55.0 Å². The number of anilines is 2. The van der Waals surface area contributed by atoms with Crippen LogP contribution in [0.3, 0.4) is 0 Å². The number of aromatic nitrogens is 2. The lowest BCUT2D eigenvalue weighted by Crippen LogP contribution is -2.39. The van der Waals surface area contributed by atoms with Crippen LogP contribution in [0, 0.1) is 0 Å². The fraction of sp³-hybridized carbons (Fsp3) is 0.385. The summed E-state index contributed by atoms with van der Waals surface area (Å²) in [6.45, 7) is 2.33. The Bertz CT molecular complexity index is 610. The second-order valence-electron chi connectivity index (χ2n) is 4.81. The van der Waals surface area contributed by atoms with Crippen LogP contribution >= 0.6 is 0 Å². The zero-order valence-electron chi connectivity index (χ0n) is 11.1. The van der Waals surface area contributed by atoms with Gasteiger partial charge in [-0.1, -0.05) is 0 Å². The lowest BCUT2D eigenvalue weighted by atomic mass is 10.2. The Morgan fingerprint density at radius 2 is 1.95 bits per heavy atom. The molecule has 1 aromatic heterocycles. The van der Waals surface area contributed by atoms with Crippen LogP contribution in [0.15, 0.2) is 24.5 Å². The third-order valence-corrected chi connectivity index (χ3v) is 2.88. The molecule has 0 spiro atoms. The van der Waals surface area contributed by atoms with Crippen LogP contribution in [0.25, 0.3) is 10.9 Å². The molecule has 2 rings (SSSR count). The first kappa shape index (κ1) is 14.4. The van der Waals surface area contributed by atoms with E-state index in [4.69, 9.17) is 5.73 Å². The molecule has 0 saturated carbocycles. The fourth-order valence-corrected chi connectivity index (χ4v) is 1.98. The van der Waals surface area contributed by atoms with Crippen LogP contribution in [0.5, 0.6) is 0 Å². The number of nitrogens with two attached hydrogens (primary N) is 1. The molecule has 7 heteroatoms. The predicted molar refractivity (Wildman–Crippen MR) is 72.5 cm³/mol. The van der Waals surface area contributed by atoms with Crippen molar-refractivity contribution in [3.63, 3.8) is 0 Å². The Kier molecular flexibility index (Phi) is 3.69. The highest BCUT2D eigenvalue weighted by molar-refractivity contribution is 5.91. The summed E-state index contributed by atoms with van der Waals surface area (Å²) in [4.78, 5) is 9.27. The fourth-order valence-electron chi connectivity index (χ4n) is 1.98. The quantitative estimate of drug-likeness (QED) is 0.880.